The van der Waals surface area contributed by atoms with E-state index in [0.717, 1.165) is 28.3 Å². The maximum atomic E-state index is 6.07. The van der Waals surface area contributed by atoms with Crippen LogP contribution >= 0.6 is 0 Å². The number of aromatic nitrogens is 3. The van der Waals surface area contributed by atoms with Gasteiger partial charge in [0, 0.05) is 25.4 Å². The minimum Gasteiger partial charge on any atom is -0.490 e. The Balaban J connectivity index is 1.34. The van der Waals surface area contributed by atoms with Crippen LogP contribution < -0.4 is 15.4 Å². The Labute approximate surface area is 179 Å². The number of nitrogens with zero attached hydrogens (tertiary/aromatic N) is 3. The Morgan fingerprint density at radius 1 is 1.29 bits per heavy atom. The number of furan rings is 2. The van der Waals surface area contributed by atoms with Gasteiger partial charge in [0.1, 0.15) is 11.6 Å². The van der Waals surface area contributed by atoms with Gasteiger partial charge in [0.25, 0.3) is 0 Å². The number of para-hydroxylation sites is 1. The van der Waals surface area contributed by atoms with Gasteiger partial charge in [-0.2, -0.15) is 5.10 Å². The number of rotatable bonds is 8. The zero-order valence-electron chi connectivity index (χ0n) is 17.8. The third-order valence-electron chi connectivity index (χ3n) is 4.76. The fourth-order valence-electron chi connectivity index (χ4n) is 3.23. The number of benzene rings is 1. The molecule has 3 N–H and O–H groups in total. The lowest BCUT2D eigenvalue weighted by molar-refractivity contribution is 0.336. The van der Waals surface area contributed by atoms with Crippen molar-refractivity contribution in [1.29, 1.82) is 0 Å². The fraction of sp³-hybridized carbons (Fsp3) is 0.318. The van der Waals surface area contributed by atoms with Gasteiger partial charge in [0.2, 0.25) is 5.82 Å². The summed E-state index contributed by atoms with van der Waals surface area (Å²) in [5.74, 6) is 4.18. The van der Waals surface area contributed by atoms with Crippen LogP contribution in [0.1, 0.15) is 31.5 Å². The molecule has 31 heavy (non-hydrogen) atoms. The molecule has 0 saturated carbocycles. The molecule has 0 aliphatic carbocycles. The second-order valence-electron chi connectivity index (χ2n) is 6.95. The van der Waals surface area contributed by atoms with E-state index in [4.69, 9.17) is 13.6 Å². The molecule has 1 atom stereocenters. The molecule has 0 saturated heterocycles. The first-order valence-corrected chi connectivity index (χ1v) is 10.3. The SMILES string of the molecule is CCOc1cccc2cc(C(C)NC(=NC)NCCc3nc(-c4ccco4)n[nH]3)oc12. The lowest BCUT2D eigenvalue weighted by Gasteiger charge is -2.16. The highest BCUT2D eigenvalue weighted by Crippen LogP contribution is 2.31. The van der Waals surface area contributed by atoms with Crippen LogP contribution in [0.2, 0.25) is 0 Å². The van der Waals surface area contributed by atoms with Crippen LogP contribution in [0, 0.1) is 0 Å². The minimum atomic E-state index is -0.0797. The third kappa shape index (κ3) is 4.71. The van der Waals surface area contributed by atoms with Gasteiger partial charge < -0.3 is 24.2 Å². The van der Waals surface area contributed by atoms with Crippen molar-refractivity contribution in [1.82, 2.24) is 25.8 Å². The molecule has 3 heterocycles. The average molecular weight is 422 g/mol. The zero-order chi connectivity index (χ0) is 21.6. The normalized spacial score (nSPS) is 12.8. The molecule has 0 spiro atoms. The quantitative estimate of drug-likeness (QED) is 0.293. The number of ether oxygens (including phenoxy) is 1. The summed E-state index contributed by atoms with van der Waals surface area (Å²) >= 11 is 0. The lowest BCUT2D eigenvalue weighted by atomic mass is 10.2. The minimum absolute atomic E-state index is 0.0797. The molecule has 1 aromatic carbocycles. The maximum Gasteiger partial charge on any atom is 0.216 e. The third-order valence-corrected chi connectivity index (χ3v) is 4.76. The summed E-state index contributed by atoms with van der Waals surface area (Å²) in [5.41, 5.74) is 0.758. The Morgan fingerprint density at radius 2 is 2.19 bits per heavy atom. The number of nitrogens with one attached hydrogen (secondary N) is 3. The Kier molecular flexibility index (Phi) is 6.21. The second-order valence-corrected chi connectivity index (χ2v) is 6.95. The molecule has 0 fully saturated rings. The number of guanidine groups is 1. The first-order valence-electron chi connectivity index (χ1n) is 10.3. The van der Waals surface area contributed by atoms with Crippen molar-refractivity contribution in [3.63, 3.8) is 0 Å². The Hall–Kier alpha value is -3.75. The number of fused-ring (bicyclic) bond motifs is 1. The number of hydrogen-bond acceptors (Lipinski definition) is 6. The van der Waals surface area contributed by atoms with Gasteiger partial charge in [-0.3, -0.25) is 10.1 Å². The molecule has 9 nitrogen and oxygen atoms in total. The molecular weight excluding hydrogens is 396 g/mol. The van der Waals surface area contributed by atoms with Crippen LogP contribution in [0.3, 0.4) is 0 Å². The summed E-state index contributed by atoms with van der Waals surface area (Å²) in [6, 6.07) is 11.5. The van der Waals surface area contributed by atoms with Gasteiger partial charge in [0.05, 0.1) is 18.9 Å². The Bertz CT molecular complexity index is 1150. The van der Waals surface area contributed by atoms with Crippen molar-refractivity contribution in [2.75, 3.05) is 20.2 Å². The van der Waals surface area contributed by atoms with Crippen LogP contribution in [0.4, 0.5) is 0 Å². The van der Waals surface area contributed by atoms with E-state index in [9.17, 15) is 0 Å². The van der Waals surface area contributed by atoms with Crippen LogP contribution in [-0.4, -0.2) is 41.3 Å². The highest BCUT2D eigenvalue weighted by molar-refractivity contribution is 5.84. The number of hydrogen-bond donors (Lipinski definition) is 3. The van der Waals surface area contributed by atoms with E-state index in [1.54, 1.807) is 13.3 Å². The molecular formula is C22H26N6O3. The van der Waals surface area contributed by atoms with E-state index >= 15 is 0 Å². The first-order chi connectivity index (χ1) is 15.2. The summed E-state index contributed by atoms with van der Waals surface area (Å²) in [7, 11) is 1.73. The van der Waals surface area contributed by atoms with E-state index < -0.39 is 0 Å². The van der Waals surface area contributed by atoms with E-state index in [0.29, 0.717) is 37.1 Å². The molecule has 4 rings (SSSR count). The van der Waals surface area contributed by atoms with Crippen molar-refractivity contribution < 1.29 is 13.6 Å². The van der Waals surface area contributed by atoms with Crippen molar-refractivity contribution in [2.24, 2.45) is 4.99 Å². The van der Waals surface area contributed by atoms with E-state index in [2.05, 4.69) is 30.8 Å². The lowest BCUT2D eigenvalue weighted by Crippen LogP contribution is -2.39. The molecule has 0 bridgehead atoms. The molecule has 162 valence electrons. The van der Waals surface area contributed by atoms with Gasteiger partial charge in [-0.1, -0.05) is 12.1 Å². The summed E-state index contributed by atoms with van der Waals surface area (Å²) in [5, 5.41) is 14.8. The van der Waals surface area contributed by atoms with Crippen molar-refractivity contribution in [3.05, 3.63) is 54.2 Å². The molecule has 0 aliphatic rings. The number of aliphatic imine (C=N–C) groups is 1. The largest absolute Gasteiger partial charge is 0.490 e. The van der Waals surface area contributed by atoms with Crippen molar-refractivity contribution in [2.45, 2.75) is 26.3 Å². The van der Waals surface area contributed by atoms with Crippen LogP contribution in [-0.2, 0) is 6.42 Å². The highest BCUT2D eigenvalue weighted by atomic mass is 16.5. The van der Waals surface area contributed by atoms with Gasteiger partial charge in [-0.15, -0.1) is 0 Å². The average Bonchev–Trinajstić information content (AvgIpc) is 3.53. The summed E-state index contributed by atoms with van der Waals surface area (Å²) in [6.07, 6.45) is 2.26. The van der Waals surface area contributed by atoms with Gasteiger partial charge in [-0.05, 0) is 38.1 Å². The maximum absolute atomic E-state index is 6.07. The molecule has 0 radical (unpaired) electrons. The molecule has 0 amide bonds. The van der Waals surface area contributed by atoms with Crippen LogP contribution in [0.15, 0.2) is 56.5 Å². The number of aromatic amines is 1. The fourth-order valence-corrected chi connectivity index (χ4v) is 3.23. The highest BCUT2D eigenvalue weighted by Gasteiger charge is 2.15. The van der Waals surface area contributed by atoms with Crippen molar-refractivity contribution in [3.8, 4) is 17.3 Å². The van der Waals surface area contributed by atoms with Gasteiger partial charge in [0.15, 0.2) is 23.1 Å². The zero-order valence-corrected chi connectivity index (χ0v) is 17.8. The van der Waals surface area contributed by atoms with E-state index in [-0.39, 0.29) is 6.04 Å². The van der Waals surface area contributed by atoms with E-state index in [1.165, 1.54) is 0 Å². The topological polar surface area (TPSA) is 114 Å². The molecule has 3 aromatic heterocycles. The standard InChI is InChI=1S/C22H26N6O3/c1-4-29-16-8-5-7-15-13-18(31-20(15)16)14(2)25-22(23-3)24-11-10-19-26-21(28-27-19)17-9-6-12-30-17/h5-9,12-14H,4,10-11H2,1-3H3,(H2,23,24,25)(H,26,27,28). The van der Waals surface area contributed by atoms with E-state index in [1.807, 2.05) is 50.2 Å². The van der Waals surface area contributed by atoms with Gasteiger partial charge >= 0.3 is 0 Å². The second kappa shape index (κ2) is 9.38. The van der Waals surface area contributed by atoms with Crippen molar-refractivity contribution >= 4 is 16.9 Å². The van der Waals surface area contributed by atoms with Crippen LogP contribution in [0.5, 0.6) is 5.75 Å². The predicted octanol–water partition coefficient (Wildman–Crippen LogP) is 3.68. The number of H-pyrrole nitrogens is 1. The summed E-state index contributed by atoms with van der Waals surface area (Å²) < 4.78 is 17.0. The Morgan fingerprint density at radius 3 is 2.97 bits per heavy atom. The summed E-state index contributed by atoms with van der Waals surface area (Å²) in [6.45, 7) is 5.21. The first kappa shape index (κ1) is 20.5. The van der Waals surface area contributed by atoms with Crippen LogP contribution in [0.25, 0.3) is 22.6 Å². The smallest absolute Gasteiger partial charge is 0.216 e. The predicted molar refractivity (Wildman–Crippen MR) is 118 cm³/mol. The molecule has 1 unspecified atom stereocenters. The molecule has 0 aliphatic heterocycles. The molecule has 9 heteroatoms. The van der Waals surface area contributed by atoms with Gasteiger partial charge in [-0.25, -0.2) is 4.98 Å². The molecule has 4 aromatic rings. The summed E-state index contributed by atoms with van der Waals surface area (Å²) in [4.78, 5) is 8.74. The monoisotopic (exact) mass is 422 g/mol.